The van der Waals surface area contributed by atoms with Crippen molar-refractivity contribution in [1.82, 2.24) is 20.1 Å². The van der Waals surface area contributed by atoms with Crippen LogP contribution < -0.4 is 10.6 Å². The maximum Gasteiger partial charge on any atom is 0.322 e. The zero-order valence-electron chi connectivity index (χ0n) is 22.2. The Morgan fingerprint density at radius 2 is 1.78 bits per heavy atom. The molecule has 1 aliphatic rings. The number of carbonyl (C=O) groups is 2. The van der Waals surface area contributed by atoms with E-state index in [0.717, 1.165) is 28.9 Å². The number of nitrogens with one attached hydrogen (secondary N) is 2. The number of aromatic nitrogens is 1. The lowest BCUT2D eigenvalue weighted by Crippen LogP contribution is -2.55. The minimum Gasteiger partial charge on any atom is -0.481 e. The molecule has 1 aliphatic heterocycles. The number of carboxylic acids is 1. The summed E-state index contributed by atoms with van der Waals surface area (Å²) in [5, 5.41) is 25.2. The number of hydrogen-bond donors (Lipinski definition) is 3. The van der Waals surface area contributed by atoms with Gasteiger partial charge in [0.2, 0.25) is 5.96 Å². The van der Waals surface area contributed by atoms with E-state index in [1.165, 1.54) is 0 Å². The summed E-state index contributed by atoms with van der Waals surface area (Å²) in [6.07, 6.45) is 5.53. The van der Waals surface area contributed by atoms with Gasteiger partial charge in [0.1, 0.15) is 0 Å². The Bertz CT molecular complexity index is 1560. The molecule has 1 saturated heterocycles. The average molecular weight is 570 g/mol. The second-order valence-electron chi connectivity index (χ2n) is 9.07. The van der Waals surface area contributed by atoms with E-state index in [1.54, 1.807) is 36.7 Å². The van der Waals surface area contributed by atoms with Crippen LogP contribution in [0.3, 0.4) is 0 Å². The van der Waals surface area contributed by atoms with Crippen molar-refractivity contribution in [1.29, 1.82) is 5.26 Å². The van der Waals surface area contributed by atoms with Crippen LogP contribution in [0, 0.1) is 11.5 Å². The SMILES string of the molecule is CC(=O)O.N#CNC(=Nc1cccc2cnccc12)N1CCN(C(=O)Nc2ccc(Cl)cc2)C(c2ccccc2)C1. The zero-order chi connectivity index (χ0) is 29.2. The van der Waals surface area contributed by atoms with E-state index in [9.17, 15) is 10.1 Å². The number of nitrogens with zero attached hydrogens (tertiary/aromatic N) is 5. The largest absolute Gasteiger partial charge is 0.481 e. The first-order chi connectivity index (χ1) is 19.9. The van der Waals surface area contributed by atoms with Gasteiger partial charge in [-0.05, 0) is 42.0 Å². The Morgan fingerprint density at radius 3 is 2.49 bits per heavy atom. The van der Waals surface area contributed by atoms with E-state index in [-0.39, 0.29) is 12.1 Å². The lowest BCUT2D eigenvalue weighted by Gasteiger charge is -2.42. The molecule has 0 aliphatic carbocycles. The molecular formula is C30H28ClN7O3. The monoisotopic (exact) mass is 569 g/mol. The molecule has 1 aromatic heterocycles. The molecule has 10 nitrogen and oxygen atoms in total. The fourth-order valence-corrected chi connectivity index (χ4v) is 4.58. The number of halogens is 1. The summed E-state index contributed by atoms with van der Waals surface area (Å²) < 4.78 is 0. The molecule has 4 aromatic rings. The molecule has 5 rings (SSSR count). The molecule has 1 unspecified atom stereocenters. The van der Waals surface area contributed by atoms with Gasteiger partial charge >= 0.3 is 6.03 Å². The summed E-state index contributed by atoms with van der Waals surface area (Å²) >= 11 is 5.99. The van der Waals surface area contributed by atoms with E-state index in [1.807, 2.05) is 70.6 Å². The average Bonchev–Trinajstić information content (AvgIpc) is 2.98. The van der Waals surface area contributed by atoms with E-state index < -0.39 is 5.97 Å². The molecule has 3 N–H and O–H groups in total. The van der Waals surface area contributed by atoms with Gasteiger partial charge in [-0.2, -0.15) is 5.26 Å². The predicted octanol–water partition coefficient (Wildman–Crippen LogP) is 5.63. The van der Waals surface area contributed by atoms with Gasteiger partial charge in [0, 0.05) is 60.4 Å². The highest BCUT2D eigenvalue weighted by molar-refractivity contribution is 6.30. The number of hydrogen-bond acceptors (Lipinski definition) is 5. The van der Waals surface area contributed by atoms with Crippen molar-refractivity contribution in [3.8, 4) is 6.19 Å². The lowest BCUT2D eigenvalue weighted by molar-refractivity contribution is -0.134. The molecule has 0 saturated carbocycles. The fraction of sp³-hybridized carbons (Fsp3) is 0.167. The number of anilines is 1. The number of aliphatic imine (C=N–C) groups is 1. The van der Waals surface area contributed by atoms with Crippen LogP contribution in [0.2, 0.25) is 5.02 Å². The Hall–Kier alpha value is -5.14. The predicted molar refractivity (Wildman–Crippen MR) is 159 cm³/mol. The first-order valence-electron chi connectivity index (χ1n) is 12.7. The van der Waals surface area contributed by atoms with Gasteiger partial charge in [-0.25, -0.2) is 9.79 Å². The van der Waals surface area contributed by atoms with Crippen LogP contribution in [0.15, 0.2) is 96.2 Å². The molecule has 2 heterocycles. The maximum atomic E-state index is 13.3. The van der Waals surface area contributed by atoms with Gasteiger partial charge in [0.05, 0.1) is 11.7 Å². The highest BCUT2D eigenvalue weighted by Crippen LogP contribution is 2.29. The van der Waals surface area contributed by atoms with Crippen LogP contribution in [-0.4, -0.2) is 57.5 Å². The van der Waals surface area contributed by atoms with E-state index >= 15 is 0 Å². The Morgan fingerprint density at radius 1 is 1.05 bits per heavy atom. The van der Waals surface area contributed by atoms with Crippen molar-refractivity contribution in [2.45, 2.75) is 13.0 Å². The molecule has 0 spiro atoms. The van der Waals surface area contributed by atoms with Crippen molar-refractivity contribution in [3.63, 3.8) is 0 Å². The van der Waals surface area contributed by atoms with Gasteiger partial charge in [-0.15, -0.1) is 0 Å². The molecule has 208 valence electrons. The number of guanidine groups is 1. The lowest BCUT2D eigenvalue weighted by atomic mass is 10.0. The van der Waals surface area contributed by atoms with E-state index in [0.29, 0.717) is 36.3 Å². The molecule has 1 fully saturated rings. The van der Waals surface area contributed by atoms with Gasteiger partial charge in [-0.3, -0.25) is 15.1 Å². The smallest absolute Gasteiger partial charge is 0.322 e. The normalized spacial score (nSPS) is 14.9. The van der Waals surface area contributed by atoms with Crippen LogP contribution in [-0.2, 0) is 4.79 Å². The highest BCUT2D eigenvalue weighted by atomic mass is 35.5. The molecule has 0 bridgehead atoms. The van der Waals surface area contributed by atoms with Crippen molar-refractivity contribution >= 4 is 51.7 Å². The molecule has 2 amide bonds. The first kappa shape index (κ1) is 28.9. The standard InChI is InChI=1S/C28H24ClN7O.C2H4O2/c29-22-9-11-23(12-10-22)33-28(37)36-16-15-35(18-26(36)20-5-2-1-3-6-20)27(32-19-30)34-25-8-4-7-21-17-31-14-13-24(21)25;1-2(3)4/h1-14,17,26H,15-16,18H2,(H,32,34)(H,33,37);1H3,(H,3,4). The summed E-state index contributed by atoms with van der Waals surface area (Å²) in [6.45, 7) is 2.47. The van der Waals surface area contributed by atoms with E-state index in [2.05, 4.69) is 15.6 Å². The third-order valence-corrected chi connectivity index (χ3v) is 6.52. The molecule has 41 heavy (non-hydrogen) atoms. The second-order valence-corrected chi connectivity index (χ2v) is 9.50. The molecule has 0 radical (unpaired) electrons. The molecule has 11 heteroatoms. The van der Waals surface area contributed by atoms with E-state index in [4.69, 9.17) is 26.5 Å². The van der Waals surface area contributed by atoms with Gasteiger partial charge < -0.3 is 20.2 Å². The summed E-state index contributed by atoms with van der Waals surface area (Å²) in [5.74, 6) is -0.398. The second kappa shape index (κ2) is 13.8. The molecule has 3 aromatic carbocycles. The number of nitriles is 1. The van der Waals surface area contributed by atoms with Crippen molar-refractivity contribution in [3.05, 3.63) is 102 Å². The number of fused-ring (bicyclic) bond motifs is 1. The third kappa shape index (κ3) is 7.71. The number of aliphatic carboxylic acids is 1. The minimum absolute atomic E-state index is 0.205. The third-order valence-electron chi connectivity index (χ3n) is 6.27. The van der Waals surface area contributed by atoms with Gasteiger partial charge in [0.25, 0.3) is 5.97 Å². The number of carbonyl (C=O) groups excluding carboxylic acids is 1. The minimum atomic E-state index is -0.833. The van der Waals surface area contributed by atoms with Crippen molar-refractivity contribution in [2.75, 3.05) is 25.0 Å². The topological polar surface area (TPSA) is 134 Å². The van der Waals surface area contributed by atoms with Gasteiger partial charge in [-0.1, -0.05) is 54.1 Å². The number of piperazine rings is 1. The molecular weight excluding hydrogens is 542 g/mol. The summed E-state index contributed by atoms with van der Waals surface area (Å²) in [7, 11) is 0. The highest BCUT2D eigenvalue weighted by Gasteiger charge is 2.33. The Labute approximate surface area is 242 Å². The van der Waals surface area contributed by atoms with Crippen LogP contribution in [0.25, 0.3) is 10.8 Å². The summed E-state index contributed by atoms with van der Waals surface area (Å²) in [6, 6.07) is 24.1. The Balaban J connectivity index is 0.000000909. The van der Waals surface area contributed by atoms with Crippen LogP contribution >= 0.6 is 11.6 Å². The Kier molecular flexibility index (Phi) is 9.70. The first-order valence-corrected chi connectivity index (χ1v) is 13.1. The number of rotatable bonds is 3. The number of carboxylic acid groups (broad SMARTS) is 1. The van der Waals surface area contributed by atoms with Crippen LogP contribution in [0.5, 0.6) is 0 Å². The fourth-order valence-electron chi connectivity index (χ4n) is 4.45. The van der Waals surface area contributed by atoms with Crippen LogP contribution in [0.1, 0.15) is 18.5 Å². The number of pyridine rings is 1. The number of benzene rings is 3. The van der Waals surface area contributed by atoms with Crippen molar-refractivity contribution in [2.24, 2.45) is 4.99 Å². The van der Waals surface area contributed by atoms with Gasteiger partial charge in [0.15, 0.2) is 6.19 Å². The summed E-state index contributed by atoms with van der Waals surface area (Å²) in [4.78, 5) is 35.2. The summed E-state index contributed by atoms with van der Waals surface area (Å²) in [5.41, 5.74) is 2.39. The molecule has 1 atom stereocenters. The zero-order valence-corrected chi connectivity index (χ0v) is 23.0. The van der Waals surface area contributed by atoms with Crippen molar-refractivity contribution < 1.29 is 14.7 Å². The number of urea groups is 1. The number of amides is 2. The quantitative estimate of drug-likeness (QED) is 0.126. The maximum absolute atomic E-state index is 13.3. The van der Waals surface area contributed by atoms with Crippen LogP contribution in [0.4, 0.5) is 16.2 Å².